The Morgan fingerprint density at radius 3 is 2.30 bits per heavy atom. The molecule has 0 saturated heterocycles. The number of thiophene rings is 1. The van der Waals surface area contributed by atoms with Gasteiger partial charge in [0.1, 0.15) is 0 Å². The van der Waals surface area contributed by atoms with E-state index >= 15 is 0 Å². The lowest BCUT2D eigenvalue weighted by Gasteiger charge is -2.24. The molecular weight excluding hydrogens is 508 g/mol. The summed E-state index contributed by atoms with van der Waals surface area (Å²) in [6.45, 7) is 6.21. The van der Waals surface area contributed by atoms with Crippen LogP contribution in [0.3, 0.4) is 0 Å². The molecule has 4 rings (SSSR count). The Balaban J connectivity index is 1.57. The van der Waals surface area contributed by atoms with Gasteiger partial charge in [0.2, 0.25) is 0 Å². The molecule has 4 aromatic rings. The minimum Gasteiger partial charge on any atom is -0.462 e. The number of hydrogen-bond donors (Lipinski definition) is 1. The van der Waals surface area contributed by atoms with Crippen molar-refractivity contribution < 1.29 is 22.7 Å². The maximum absolute atomic E-state index is 13.4. The highest BCUT2D eigenvalue weighted by molar-refractivity contribution is 7.92. The number of benzene rings is 3. The van der Waals surface area contributed by atoms with Gasteiger partial charge < -0.3 is 10.1 Å². The summed E-state index contributed by atoms with van der Waals surface area (Å²) < 4.78 is 34.1. The number of hydrogen-bond acceptors (Lipinski definition) is 6. The third-order valence-electron chi connectivity index (χ3n) is 5.70. The van der Waals surface area contributed by atoms with Crippen LogP contribution in [0.25, 0.3) is 10.1 Å². The molecule has 1 N–H and O–H groups in total. The van der Waals surface area contributed by atoms with E-state index in [2.05, 4.69) is 5.32 Å². The van der Waals surface area contributed by atoms with Gasteiger partial charge in [0, 0.05) is 16.9 Å². The first kappa shape index (κ1) is 26.4. The largest absolute Gasteiger partial charge is 0.462 e. The smallest absolute Gasteiger partial charge is 0.338 e. The van der Waals surface area contributed by atoms with Crippen molar-refractivity contribution in [3.8, 4) is 0 Å². The number of nitrogens with zero attached hydrogens (tertiary/aromatic N) is 1. The summed E-state index contributed by atoms with van der Waals surface area (Å²) in [6, 6.07) is 20.5. The SMILES string of the molecule is CCCN(c1ccc2sc(C(=O)Nc3ccc(C(=O)OCC)cc3)cc2c1)S(=O)(=O)c1ccc(C)cc1. The second-order valence-corrected chi connectivity index (χ2v) is 11.4. The number of carbonyl (C=O) groups excluding carboxylic acids is 2. The number of ether oxygens (including phenoxy) is 1. The molecule has 0 radical (unpaired) electrons. The summed E-state index contributed by atoms with van der Waals surface area (Å²) in [5.41, 5.74) is 2.50. The molecule has 192 valence electrons. The number of esters is 1. The molecule has 0 saturated carbocycles. The van der Waals surface area contributed by atoms with E-state index in [1.807, 2.05) is 19.9 Å². The fourth-order valence-electron chi connectivity index (χ4n) is 3.82. The zero-order valence-corrected chi connectivity index (χ0v) is 22.5. The lowest BCUT2D eigenvalue weighted by molar-refractivity contribution is 0.0526. The lowest BCUT2D eigenvalue weighted by Crippen LogP contribution is -2.31. The summed E-state index contributed by atoms with van der Waals surface area (Å²) in [6.07, 6.45) is 0.648. The zero-order valence-electron chi connectivity index (χ0n) is 20.9. The molecule has 0 aliphatic carbocycles. The Labute approximate surface area is 220 Å². The van der Waals surface area contributed by atoms with Crippen molar-refractivity contribution in [2.24, 2.45) is 0 Å². The van der Waals surface area contributed by atoms with E-state index in [4.69, 9.17) is 4.74 Å². The van der Waals surface area contributed by atoms with Crippen molar-refractivity contribution in [1.29, 1.82) is 0 Å². The quantitative estimate of drug-likeness (QED) is 0.256. The van der Waals surface area contributed by atoms with Gasteiger partial charge >= 0.3 is 5.97 Å². The summed E-state index contributed by atoms with van der Waals surface area (Å²) in [4.78, 5) is 25.5. The molecule has 7 nitrogen and oxygen atoms in total. The number of fused-ring (bicyclic) bond motifs is 1. The first-order valence-electron chi connectivity index (χ1n) is 11.9. The predicted molar refractivity (Wildman–Crippen MR) is 148 cm³/mol. The molecule has 1 heterocycles. The van der Waals surface area contributed by atoms with Crippen molar-refractivity contribution >= 4 is 54.7 Å². The average molecular weight is 537 g/mol. The van der Waals surface area contributed by atoms with Crippen molar-refractivity contribution in [3.05, 3.63) is 88.8 Å². The van der Waals surface area contributed by atoms with Crippen molar-refractivity contribution in [1.82, 2.24) is 0 Å². The van der Waals surface area contributed by atoms with E-state index in [1.54, 1.807) is 73.7 Å². The average Bonchev–Trinajstić information content (AvgIpc) is 3.32. The van der Waals surface area contributed by atoms with Crippen LogP contribution in [0.2, 0.25) is 0 Å². The molecule has 0 unspecified atom stereocenters. The topological polar surface area (TPSA) is 92.8 Å². The van der Waals surface area contributed by atoms with Crippen LogP contribution in [0.1, 0.15) is 45.9 Å². The molecule has 0 bridgehead atoms. The van der Waals surface area contributed by atoms with Crippen molar-refractivity contribution in [2.75, 3.05) is 22.8 Å². The Bertz CT molecular complexity index is 1530. The van der Waals surface area contributed by atoms with Crippen molar-refractivity contribution in [3.63, 3.8) is 0 Å². The molecule has 37 heavy (non-hydrogen) atoms. The lowest BCUT2D eigenvalue weighted by atomic mass is 10.2. The van der Waals surface area contributed by atoms with Crippen LogP contribution in [0.15, 0.2) is 77.7 Å². The van der Waals surface area contributed by atoms with Gasteiger partial charge in [-0.05, 0) is 86.3 Å². The summed E-state index contributed by atoms with van der Waals surface area (Å²) >= 11 is 1.32. The van der Waals surface area contributed by atoms with Crippen LogP contribution in [0, 0.1) is 6.92 Å². The maximum atomic E-state index is 13.4. The van der Waals surface area contributed by atoms with Gasteiger partial charge in [-0.15, -0.1) is 11.3 Å². The molecule has 1 aromatic heterocycles. The van der Waals surface area contributed by atoms with Gasteiger partial charge in [-0.3, -0.25) is 9.10 Å². The Morgan fingerprint density at radius 2 is 1.65 bits per heavy atom. The molecule has 0 aliphatic heterocycles. The number of carbonyl (C=O) groups is 2. The highest BCUT2D eigenvalue weighted by Gasteiger charge is 2.25. The van der Waals surface area contributed by atoms with Crippen LogP contribution < -0.4 is 9.62 Å². The van der Waals surface area contributed by atoms with Crippen LogP contribution in [0.4, 0.5) is 11.4 Å². The van der Waals surface area contributed by atoms with E-state index < -0.39 is 16.0 Å². The number of rotatable bonds is 9. The summed E-state index contributed by atoms with van der Waals surface area (Å²) in [5.74, 6) is -0.702. The Hall–Kier alpha value is -3.69. The monoisotopic (exact) mass is 536 g/mol. The minimum atomic E-state index is -3.74. The van der Waals surface area contributed by atoms with Crippen molar-refractivity contribution in [2.45, 2.75) is 32.1 Å². The van der Waals surface area contributed by atoms with E-state index in [-0.39, 0.29) is 10.8 Å². The second-order valence-electron chi connectivity index (χ2n) is 8.47. The van der Waals surface area contributed by atoms with Crippen LogP contribution in [0.5, 0.6) is 0 Å². The Morgan fingerprint density at radius 1 is 0.946 bits per heavy atom. The number of sulfonamides is 1. The molecule has 3 aromatic carbocycles. The number of nitrogens with one attached hydrogen (secondary N) is 1. The van der Waals surface area contributed by atoms with Gasteiger partial charge in [0.15, 0.2) is 0 Å². The minimum absolute atomic E-state index is 0.242. The van der Waals surface area contributed by atoms with Gasteiger partial charge in [-0.25, -0.2) is 13.2 Å². The van der Waals surface area contributed by atoms with Crippen LogP contribution in [-0.4, -0.2) is 33.4 Å². The van der Waals surface area contributed by atoms with Gasteiger partial charge in [0.25, 0.3) is 15.9 Å². The van der Waals surface area contributed by atoms with Crippen LogP contribution >= 0.6 is 11.3 Å². The maximum Gasteiger partial charge on any atom is 0.338 e. The van der Waals surface area contributed by atoms with Crippen LogP contribution in [-0.2, 0) is 14.8 Å². The number of anilines is 2. The molecule has 0 atom stereocenters. The molecule has 0 fully saturated rings. The summed E-state index contributed by atoms with van der Waals surface area (Å²) in [5, 5.41) is 3.62. The number of amides is 1. The standard InChI is InChI=1S/C28H28N2O5S2/c1-4-16-30(37(33,34)24-13-6-19(3)7-14-24)23-12-15-25-21(17-23)18-26(36-25)27(31)29-22-10-8-20(9-11-22)28(32)35-5-2/h6-15,17-18H,4-5,16H2,1-3H3,(H,29,31). The highest BCUT2D eigenvalue weighted by Crippen LogP contribution is 2.32. The predicted octanol–water partition coefficient (Wildman–Crippen LogP) is 6.24. The van der Waals surface area contributed by atoms with E-state index in [1.165, 1.54) is 15.6 Å². The van der Waals surface area contributed by atoms with Gasteiger partial charge in [-0.1, -0.05) is 24.6 Å². The normalized spacial score (nSPS) is 11.3. The first-order chi connectivity index (χ1) is 17.7. The molecule has 0 aliphatic rings. The van der Waals surface area contributed by atoms with Gasteiger partial charge in [0.05, 0.1) is 27.6 Å². The third kappa shape index (κ3) is 5.84. The van der Waals surface area contributed by atoms with E-state index in [0.717, 1.165) is 15.6 Å². The highest BCUT2D eigenvalue weighted by atomic mass is 32.2. The first-order valence-corrected chi connectivity index (χ1v) is 14.2. The van der Waals surface area contributed by atoms with Gasteiger partial charge in [-0.2, -0.15) is 0 Å². The fraction of sp³-hybridized carbons (Fsp3) is 0.214. The number of aryl methyl sites for hydroxylation is 1. The Kier molecular flexibility index (Phi) is 7.94. The molecular formula is C28H28N2O5S2. The fourth-order valence-corrected chi connectivity index (χ4v) is 6.31. The second kappa shape index (κ2) is 11.1. The van der Waals surface area contributed by atoms with E-state index in [9.17, 15) is 18.0 Å². The van der Waals surface area contributed by atoms with E-state index in [0.29, 0.717) is 41.4 Å². The molecule has 1 amide bonds. The zero-order chi connectivity index (χ0) is 26.6. The molecule has 0 spiro atoms. The summed E-state index contributed by atoms with van der Waals surface area (Å²) in [7, 11) is -3.74. The third-order valence-corrected chi connectivity index (χ3v) is 8.66. The molecule has 9 heteroatoms.